The zero-order chi connectivity index (χ0) is 12.8. The van der Waals surface area contributed by atoms with E-state index in [1.165, 1.54) is 18.5 Å². The van der Waals surface area contributed by atoms with Gasteiger partial charge in [0.15, 0.2) is 0 Å². The molecule has 0 bridgehead atoms. The number of methoxy groups -OCH3 is 1. The molecule has 18 heavy (non-hydrogen) atoms. The smallest absolute Gasteiger partial charge is 0.118 e. The van der Waals surface area contributed by atoms with Crippen molar-refractivity contribution in [3.05, 3.63) is 29.8 Å². The van der Waals surface area contributed by atoms with Crippen LogP contribution >= 0.6 is 0 Å². The molecule has 3 nitrogen and oxygen atoms in total. The molecule has 1 N–H and O–H groups in total. The van der Waals surface area contributed by atoms with Crippen LogP contribution in [-0.4, -0.2) is 44.2 Å². The Morgan fingerprint density at radius 1 is 1.33 bits per heavy atom. The first kappa shape index (κ1) is 13.4. The van der Waals surface area contributed by atoms with Gasteiger partial charge in [0.05, 0.1) is 7.11 Å². The van der Waals surface area contributed by atoms with E-state index in [1.54, 1.807) is 7.11 Å². The Labute approximate surface area is 110 Å². The second kappa shape index (κ2) is 6.76. The number of hydrogen-bond acceptors (Lipinski definition) is 3. The number of hydrogen-bond donors (Lipinski definition) is 1. The summed E-state index contributed by atoms with van der Waals surface area (Å²) in [6.45, 7) is 6.87. The van der Waals surface area contributed by atoms with Crippen LogP contribution in [0.5, 0.6) is 5.75 Å². The summed E-state index contributed by atoms with van der Waals surface area (Å²) in [5.41, 5.74) is 1.39. The lowest BCUT2D eigenvalue weighted by Gasteiger charge is -2.35. The van der Waals surface area contributed by atoms with Gasteiger partial charge in [-0.1, -0.05) is 19.1 Å². The normalized spacial score (nSPS) is 20.9. The molecule has 1 fully saturated rings. The molecule has 0 saturated carbocycles. The van der Waals surface area contributed by atoms with Crippen LogP contribution in [0.4, 0.5) is 0 Å². The minimum Gasteiger partial charge on any atom is -0.497 e. The fourth-order valence-corrected chi connectivity index (χ4v) is 2.56. The highest BCUT2D eigenvalue weighted by Crippen LogP contribution is 2.13. The van der Waals surface area contributed by atoms with Gasteiger partial charge in [-0.2, -0.15) is 0 Å². The van der Waals surface area contributed by atoms with Gasteiger partial charge in [-0.3, -0.25) is 4.90 Å². The van der Waals surface area contributed by atoms with Gasteiger partial charge in [-0.25, -0.2) is 0 Å². The van der Waals surface area contributed by atoms with Gasteiger partial charge in [0, 0.05) is 32.2 Å². The maximum absolute atomic E-state index is 5.18. The van der Waals surface area contributed by atoms with Crippen molar-refractivity contribution >= 4 is 0 Å². The first-order valence-electron chi connectivity index (χ1n) is 6.91. The van der Waals surface area contributed by atoms with E-state index < -0.39 is 0 Å². The van der Waals surface area contributed by atoms with E-state index in [9.17, 15) is 0 Å². The second-order valence-corrected chi connectivity index (χ2v) is 4.90. The Balaban J connectivity index is 1.85. The van der Waals surface area contributed by atoms with E-state index in [1.807, 2.05) is 12.1 Å². The van der Waals surface area contributed by atoms with Crippen LogP contribution in [0, 0.1) is 0 Å². The lowest BCUT2D eigenvalue weighted by atomic mass is 10.1. The van der Waals surface area contributed by atoms with Crippen LogP contribution in [0.15, 0.2) is 24.3 Å². The lowest BCUT2D eigenvalue weighted by Crippen LogP contribution is -2.51. The molecule has 1 heterocycles. The van der Waals surface area contributed by atoms with Crippen molar-refractivity contribution in [2.45, 2.75) is 25.8 Å². The monoisotopic (exact) mass is 248 g/mol. The molecule has 1 aromatic rings. The number of nitrogens with zero attached hydrogens (tertiary/aromatic N) is 1. The average Bonchev–Trinajstić information content (AvgIpc) is 2.46. The van der Waals surface area contributed by atoms with E-state index in [2.05, 4.69) is 29.3 Å². The molecule has 0 radical (unpaired) electrons. The first-order valence-corrected chi connectivity index (χ1v) is 6.91. The second-order valence-electron chi connectivity index (χ2n) is 4.90. The van der Waals surface area contributed by atoms with Gasteiger partial charge in [0.25, 0.3) is 0 Å². The summed E-state index contributed by atoms with van der Waals surface area (Å²) < 4.78 is 5.18. The Morgan fingerprint density at radius 3 is 2.78 bits per heavy atom. The van der Waals surface area contributed by atoms with Crippen LogP contribution in [0.2, 0.25) is 0 Å². The molecule has 1 atom stereocenters. The molecule has 1 aromatic carbocycles. The third-order valence-electron chi connectivity index (χ3n) is 3.79. The van der Waals surface area contributed by atoms with Crippen molar-refractivity contribution < 1.29 is 4.74 Å². The van der Waals surface area contributed by atoms with Gasteiger partial charge >= 0.3 is 0 Å². The zero-order valence-electron chi connectivity index (χ0n) is 11.5. The molecule has 1 aliphatic rings. The number of rotatable bonds is 5. The Morgan fingerprint density at radius 2 is 2.11 bits per heavy atom. The maximum atomic E-state index is 5.18. The molecule has 2 rings (SSSR count). The predicted molar refractivity (Wildman–Crippen MR) is 75.2 cm³/mol. The number of ether oxygens (including phenoxy) is 1. The lowest BCUT2D eigenvalue weighted by molar-refractivity contribution is 0.159. The molecule has 0 aliphatic carbocycles. The summed E-state index contributed by atoms with van der Waals surface area (Å²) in [5, 5.41) is 3.47. The Hall–Kier alpha value is -1.06. The first-order chi connectivity index (χ1) is 8.83. The molecule has 0 spiro atoms. The minimum absolute atomic E-state index is 0.706. The van der Waals surface area contributed by atoms with Crippen molar-refractivity contribution in [3.63, 3.8) is 0 Å². The molecule has 1 saturated heterocycles. The predicted octanol–water partition coefficient (Wildman–Crippen LogP) is 1.92. The maximum Gasteiger partial charge on any atom is 0.118 e. The summed E-state index contributed by atoms with van der Waals surface area (Å²) >= 11 is 0. The third-order valence-corrected chi connectivity index (χ3v) is 3.79. The number of nitrogens with one attached hydrogen (secondary N) is 1. The van der Waals surface area contributed by atoms with Crippen LogP contribution in [0.25, 0.3) is 0 Å². The molecular formula is C15H24N2O. The van der Waals surface area contributed by atoms with E-state index >= 15 is 0 Å². The standard InChI is InChI=1S/C15H24N2O/c1-3-14-12-16-9-11-17(14)10-8-13-4-6-15(18-2)7-5-13/h4-7,14,16H,3,8-12H2,1-2H3. The summed E-state index contributed by atoms with van der Waals surface area (Å²) in [6.07, 6.45) is 2.36. The van der Waals surface area contributed by atoms with Crippen molar-refractivity contribution in [1.29, 1.82) is 0 Å². The molecule has 0 amide bonds. The van der Waals surface area contributed by atoms with Crippen LogP contribution < -0.4 is 10.1 Å². The topological polar surface area (TPSA) is 24.5 Å². The van der Waals surface area contributed by atoms with Gasteiger partial charge in [-0.05, 0) is 30.5 Å². The zero-order valence-corrected chi connectivity index (χ0v) is 11.5. The van der Waals surface area contributed by atoms with Crippen LogP contribution in [0.1, 0.15) is 18.9 Å². The van der Waals surface area contributed by atoms with Crippen molar-refractivity contribution in [3.8, 4) is 5.75 Å². The van der Waals surface area contributed by atoms with Crippen LogP contribution in [-0.2, 0) is 6.42 Å². The Kier molecular flexibility index (Phi) is 5.02. The van der Waals surface area contributed by atoms with E-state index in [0.717, 1.165) is 31.8 Å². The SMILES string of the molecule is CCC1CNCCN1CCc1ccc(OC)cc1. The number of piperazine rings is 1. The quantitative estimate of drug-likeness (QED) is 0.861. The third kappa shape index (κ3) is 3.47. The summed E-state index contributed by atoms with van der Waals surface area (Å²) in [4.78, 5) is 2.61. The largest absolute Gasteiger partial charge is 0.497 e. The highest BCUT2D eigenvalue weighted by Gasteiger charge is 2.19. The van der Waals surface area contributed by atoms with Gasteiger partial charge in [0.2, 0.25) is 0 Å². The fraction of sp³-hybridized carbons (Fsp3) is 0.600. The molecule has 0 aromatic heterocycles. The van der Waals surface area contributed by atoms with Crippen molar-refractivity contribution in [2.75, 3.05) is 33.3 Å². The molecule has 1 unspecified atom stereocenters. The average molecular weight is 248 g/mol. The minimum atomic E-state index is 0.706. The summed E-state index contributed by atoms with van der Waals surface area (Å²) in [5.74, 6) is 0.937. The van der Waals surface area contributed by atoms with Gasteiger partial charge < -0.3 is 10.1 Å². The highest BCUT2D eigenvalue weighted by atomic mass is 16.5. The molecule has 100 valence electrons. The van der Waals surface area contributed by atoms with Crippen molar-refractivity contribution in [2.24, 2.45) is 0 Å². The van der Waals surface area contributed by atoms with E-state index in [0.29, 0.717) is 6.04 Å². The molecule has 1 aliphatic heterocycles. The molecular weight excluding hydrogens is 224 g/mol. The van der Waals surface area contributed by atoms with Crippen LogP contribution in [0.3, 0.4) is 0 Å². The summed E-state index contributed by atoms with van der Waals surface area (Å²) in [6, 6.07) is 9.13. The Bertz CT molecular complexity index is 350. The fourth-order valence-electron chi connectivity index (χ4n) is 2.56. The molecule has 3 heteroatoms. The summed E-state index contributed by atoms with van der Waals surface area (Å²) in [7, 11) is 1.71. The van der Waals surface area contributed by atoms with E-state index in [4.69, 9.17) is 4.74 Å². The van der Waals surface area contributed by atoms with E-state index in [-0.39, 0.29) is 0 Å². The van der Waals surface area contributed by atoms with Gasteiger partial charge in [0.1, 0.15) is 5.75 Å². The highest BCUT2D eigenvalue weighted by molar-refractivity contribution is 5.27. The number of benzene rings is 1. The van der Waals surface area contributed by atoms with Gasteiger partial charge in [-0.15, -0.1) is 0 Å². The van der Waals surface area contributed by atoms with Crippen molar-refractivity contribution in [1.82, 2.24) is 10.2 Å².